The van der Waals surface area contributed by atoms with Crippen LogP contribution >= 0.6 is 0 Å². The number of nitrogens with zero attached hydrogens (tertiary/aromatic N) is 2. The highest BCUT2D eigenvalue weighted by molar-refractivity contribution is 7.89. The quantitative estimate of drug-likeness (QED) is 0.900. The van der Waals surface area contributed by atoms with Crippen molar-refractivity contribution in [2.24, 2.45) is 5.14 Å². The Morgan fingerprint density at radius 3 is 2.75 bits per heavy atom. The van der Waals surface area contributed by atoms with Gasteiger partial charge in [0, 0.05) is 18.3 Å². The molecule has 6 nitrogen and oxygen atoms in total. The molecule has 0 saturated heterocycles. The zero-order chi connectivity index (χ0) is 14.8. The van der Waals surface area contributed by atoms with Crippen molar-refractivity contribution in [1.29, 1.82) is 0 Å². The van der Waals surface area contributed by atoms with Gasteiger partial charge in [-0.2, -0.15) is 5.10 Å². The number of nitrogens with two attached hydrogens (primary N) is 1. The Kier molecular flexibility index (Phi) is 4.05. The van der Waals surface area contributed by atoms with Crippen LogP contribution in [0.4, 0.5) is 4.39 Å². The summed E-state index contributed by atoms with van der Waals surface area (Å²) in [5.74, 6) is -0.818. The molecular formula is C12H14FN3O3S. The molecule has 0 spiro atoms. The maximum atomic E-state index is 13.7. The third-order valence-electron chi connectivity index (χ3n) is 2.64. The monoisotopic (exact) mass is 299 g/mol. The van der Waals surface area contributed by atoms with Crippen LogP contribution in [0.25, 0.3) is 0 Å². The average Bonchev–Trinajstić information content (AvgIpc) is 2.84. The summed E-state index contributed by atoms with van der Waals surface area (Å²) < 4.78 is 42.8. The Hall–Kier alpha value is -1.93. The van der Waals surface area contributed by atoms with Gasteiger partial charge in [0.15, 0.2) is 11.6 Å². The molecule has 1 aromatic carbocycles. The lowest BCUT2D eigenvalue weighted by molar-refractivity contribution is 0.289. The van der Waals surface area contributed by atoms with Gasteiger partial charge in [0.2, 0.25) is 10.0 Å². The molecule has 108 valence electrons. The van der Waals surface area contributed by atoms with Gasteiger partial charge < -0.3 is 4.74 Å². The van der Waals surface area contributed by atoms with E-state index in [1.54, 1.807) is 17.1 Å². The molecule has 0 amide bonds. The molecule has 0 fully saturated rings. The van der Waals surface area contributed by atoms with E-state index >= 15 is 0 Å². The van der Waals surface area contributed by atoms with Crippen molar-refractivity contribution in [2.75, 3.05) is 0 Å². The Labute approximate surface area is 116 Å². The Morgan fingerprint density at radius 2 is 2.20 bits per heavy atom. The summed E-state index contributed by atoms with van der Waals surface area (Å²) in [4.78, 5) is -0.291. The SMILES string of the molecule is CCn1cc(COc2ccc(S(N)(=O)=O)cc2F)cn1. The van der Waals surface area contributed by atoms with Crippen LogP contribution in [0.2, 0.25) is 0 Å². The van der Waals surface area contributed by atoms with E-state index in [1.165, 1.54) is 12.1 Å². The van der Waals surface area contributed by atoms with Crippen LogP contribution in [0, 0.1) is 5.82 Å². The number of hydrogen-bond donors (Lipinski definition) is 1. The van der Waals surface area contributed by atoms with Gasteiger partial charge in [-0.25, -0.2) is 17.9 Å². The van der Waals surface area contributed by atoms with Crippen LogP contribution < -0.4 is 9.88 Å². The largest absolute Gasteiger partial charge is 0.486 e. The smallest absolute Gasteiger partial charge is 0.238 e. The summed E-state index contributed by atoms with van der Waals surface area (Å²) >= 11 is 0. The van der Waals surface area contributed by atoms with Gasteiger partial charge in [-0.15, -0.1) is 0 Å². The molecule has 0 aliphatic carbocycles. The predicted octanol–water partition coefficient (Wildman–Crippen LogP) is 1.27. The van der Waals surface area contributed by atoms with Crippen LogP contribution in [0.3, 0.4) is 0 Å². The second kappa shape index (κ2) is 5.59. The van der Waals surface area contributed by atoms with Gasteiger partial charge in [-0.1, -0.05) is 0 Å². The lowest BCUT2D eigenvalue weighted by atomic mass is 10.3. The topological polar surface area (TPSA) is 87.2 Å². The maximum absolute atomic E-state index is 13.7. The fourth-order valence-corrected chi connectivity index (χ4v) is 2.12. The van der Waals surface area contributed by atoms with Crippen LogP contribution in [-0.4, -0.2) is 18.2 Å². The van der Waals surface area contributed by atoms with Gasteiger partial charge in [0.1, 0.15) is 6.61 Å². The standard InChI is InChI=1S/C12H14FN3O3S/c1-2-16-7-9(6-15-16)8-19-12-4-3-10(5-11(12)13)20(14,17)18/h3-7H,2,8H2,1H3,(H2,14,17,18). The minimum atomic E-state index is -3.92. The van der Waals surface area contributed by atoms with E-state index < -0.39 is 15.8 Å². The molecule has 2 N–H and O–H groups in total. The van der Waals surface area contributed by atoms with E-state index in [4.69, 9.17) is 9.88 Å². The average molecular weight is 299 g/mol. The summed E-state index contributed by atoms with van der Waals surface area (Å²) in [7, 11) is -3.92. The van der Waals surface area contributed by atoms with Gasteiger partial charge in [-0.3, -0.25) is 4.68 Å². The van der Waals surface area contributed by atoms with Crippen molar-refractivity contribution >= 4 is 10.0 Å². The predicted molar refractivity (Wildman–Crippen MR) is 70.0 cm³/mol. The van der Waals surface area contributed by atoms with Crippen LogP contribution in [0.15, 0.2) is 35.5 Å². The van der Waals surface area contributed by atoms with Crippen molar-refractivity contribution in [3.63, 3.8) is 0 Å². The fourth-order valence-electron chi connectivity index (χ4n) is 1.59. The number of primary sulfonamides is 1. The highest BCUT2D eigenvalue weighted by atomic mass is 32.2. The number of rotatable bonds is 5. The van der Waals surface area contributed by atoms with Crippen LogP contribution in [-0.2, 0) is 23.2 Å². The molecule has 8 heteroatoms. The molecule has 0 atom stereocenters. The highest BCUT2D eigenvalue weighted by Gasteiger charge is 2.12. The first-order chi connectivity index (χ1) is 9.40. The number of ether oxygens (including phenoxy) is 1. The van der Waals surface area contributed by atoms with Crippen LogP contribution in [0.5, 0.6) is 5.75 Å². The number of halogens is 1. The minimum Gasteiger partial charge on any atom is -0.486 e. The molecule has 0 unspecified atom stereocenters. The molecular weight excluding hydrogens is 285 g/mol. The minimum absolute atomic E-state index is 0.0401. The molecule has 20 heavy (non-hydrogen) atoms. The molecule has 0 radical (unpaired) electrons. The normalized spacial score (nSPS) is 11.6. The van der Waals surface area contributed by atoms with Gasteiger partial charge in [0.25, 0.3) is 0 Å². The number of sulfonamides is 1. The zero-order valence-electron chi connectivity index (χ0n) is 10.8. The van der Waals surface area contributed by atoms with Crippen molar-refractivity contribution in [2.45, 2.75) is 25.0 Å². The number of aromatic nitrogens is 2. The third kappa shape index (κ3) is 3.34. The summed E-state index contributed by atoms with van der Waals surface area (Å²) in [6.07, 6.45) is 3.41. The first-order valence-corrected chi connectivity index (χ1v) is 7.41. The van der Waals surface area contributed by atoms with Crippen molar-refractivity contribution in [3.05, 3.63) is 42.0 Å². The maximum Gasteiger partial charge on any atom is 0.238 e. The van der Waals surface area contributed by atoms with E-state index in [-0.39, 0.29) is 17.3 Å². The lowest BCUT2D eigenvalue weighted by Crippen LogP contribution is -2.12. The molecule has 0 aliphatic rings. The van der Waals surface area contributed by atoms with Gasteiger partial charge >= 0.3 is 0 Å². The first kappa shape index (κ1) is 14.5. The summed E-state index contributed by atoms with van der Waals surface area (Å²) in [5.41, 5.74) is 0.793. The van der Waals surface area contributed by atoms with E-state index in [0.717, 1.165) is 18.2 Å². The Bertz CT molecular complexity index is 712. The number of hydrogen-bond acceptors (Lipinski definition) is 4. The van der Waals surface area contributed by atoms with E-state index in [9.17, 15) is 12.8 Å². The number of aryl methyl sites for hydroxylation is 1. The first-order valence-electron chi connectivity index (χ1n) is 5.86. The van der Waals surface area contributed by atoms with Crippen molar-refractivity contribution in [1.82, 2.24) is 9.78 Å². The zero-order valence-corrected chi connectivity index (χ0v) is 11.6. The molecule has 2 rings (SSSR count). The third-order valence-corrected chi connectivity index (χ3v) is 3.55. The number of benzene rings is 1. The molecule has 1 heterocycles. The van der Waals surface area contributed by atoms with E-state index in [2.05, 4.69) is 5.10 Å². The molecule has 0 bridgehead atoms. The van der Waals surface area contributed by atoms with Gasteiger partial charge in [0.05, 0.1) is 11.1 Å². The van der Waals surface area contributed by atoms with E-state index in [1.807, 2.05) is 6.92 Å². The van der Waals surface area contributed by atoms with Crippen LogP contribution in [0.1, 0.15) is 12.5 Å². The molecule has 0 saturated carbocycles. The summed E-state index contributed by atoms with van der Waals surface area (Å²) in [6.45, 7) is 2.83. The fraction of sp³-hybridized carbons (Fsp3) is 0.250. The molecule has 2 aromatic rings. The van der Waals surface area contributed by atoms with Crippen molar-refractivity contribution < 1.29 is 17.5 Å². The summed E-state index contributed by atoms with van der Waals surface area (Å²) in [5, 5.41) is 8.98. The second-order valence-electron chi connectivity index (χ2n) is 4.13. The highest BCUT2D eigenvalue weighted by Crippen LogP contribution is 2.21. The Balaban J connectivity index is 2.10. The molecule has 0 aliphatic heterocycles. The lowest BCUT2D eigenvalue weighted by Gasteiger charge is -2.07. The Morgan fingerprint density at radius 1 is 1.45 bits per heavy atom. The molecule has 1 aromatic heterocycles. The summed E-state index contributed by atoms with van der Waals surface area (Å²) in [6, 6.07) is 3.27. The van der Waals surface area contributed by atoms with Gasteiger partial charge in [-0.05, 0) is 25.1 Å². The van der Waals surface area contributed by atoms with E-state index in [0.29, 0.717) is 0 Å². The second-order valence-corrected chi connectivity index (χ2v) is 5.69. The van der Waals surface area contributed by atoms with Crippen molar-refractivity contribution in [3.8, 4) is 5.75 Å².